The summed E-state index contributed by atoms with van der Waals surface area (Å²) in [5.41, 5.74) is 4.85. The highest BCUT2D eigenvalue weighted by molar-refractivity contribution is 7.09. The zero-order valence-corrected chi connectivity index (χ0v) is 20.9. The van der Waals surface area contributed by atoms with E-state index < -0.39 is 0 Å². The molecule has 0 spiro atoms. The summed E-state index contributed by atoms with van der Waals surface area (Å²) >= 11 is 1.61. The number of nitrogens with zero attached hydrogens (tertiary/aromatic N) is 3. The summed E-state index contributed by atoms with van der Waals surface area (Å²) in [5, 5.41) is 6.02. The normalized spacial score (nSPS) is 14.5. The number of hydrogen-bond donors (Lipinski definition) is 1. The molecule has 0 radical (unpaired) electrons. The van der Waals surface area contributed by atoms with Crippen molar-refractivity contribution in [2.45, 2.75) is 27.4 Å². The van der Waals surface area contributed by atoms with Crippen LogP contribution in [0.2, 0.25) is 0 Å². The SMILES string of the molecule is CCN1CCN(c2ccc(NC(=O)/C=C/c3ccccc3OCc3csc(C)n3)c(C)c2)CC1. The third-order valence-electron chi connectivity index (χ3n) is 6.03. The minimum atomic E-state index is -0.169. The molecular formula is C27H32N4O2S. The van der Waals surface area contributed by atoms with Crippen LogP contribution < -0.4 is 15.0 Å². The second-order valence-electron chi connectivity index (χ2n) is 8.43. The number of anilines is 2. The van der Waals surface area contributed by atoms with Crippen molar-refractivity contribution in [3.63, 3.8) is 0 Å². The number of piperazine rings is 1. The molecule has 0 saturated carbocycles. The van der Waals surface area contributed by atoms with Crippen molar-refractivity contribution in [1.82, 2.24) is 9.88 Å². The van der Waals surface area contributed by atoms with Gasteiger partial charge in [0.1, 0.15) is 12.4 Å². The zero-order valence-electron chi connectivity index (χ0n) is 20.1. The molecule has 1 aliphatic rings. The van der Waals surface area contributed by atoms with Crippen molar-refractivity contribution in [2.75, 3.05) is 42.9 Å². The van der Waals surface area contributed by atoms with Crippen LogP contribution in [0, 0.1) is 13.8 Å². The van der Waals surface area contributed by atoms with Gasteiger partial charge >= 0.3 is 0 Å². The Labute approximate surface area is 205 Å². The third kappa shape index (κ3) is 6.24. The Morgan fingerprint density at radius 1 is 1.15 bits per heavy atom. The van der Waals surface area contributed by atoms with E-state index in [1.807, 2.05) is 49.6 Å². The second-order valence-corrected chi connectivity index (χ2v) is 9.49. The average molecular weight is 477 g/mol. The summed E-state index contributed by atoms with van der Waals surface area (Å²) in [4.78, 5) is 21.9. The number of aryl methyl sites for hydroxylation is 2. The lowest BCUT2D eigenvalue weighted by Crippen LogP contribution is -2.46. The number of ether oxygens (including phenoxy) is 1. The molecule has 1 aromatic heterocycles. The predicted molar refractivity (Wildman–Crippen MR) is 141 cm³/mol. The molecule has 178 valence electrons. The van der Waals surface area contributed by atoms with E-state index in [0.717, 1.165) is 66.0 Å². The van der Waals surface area contributed by atoms with E-state index in [0.29, 0.717) is 6.61 Å². The Hall–Kier alpha value is -3.16. The Balaban J connectivity index is 1.36. The van der Waals surface area contributed by atoms with E-state index in [9.17, 15) is 4.79 Å². The Morgan fingerprint density at radius 3 is 2.65 bits per heavy atom. The van der Waals surface area contributed by atoms with Gasteiger partial charge in [-0.15, -0.1) is 11.3 Å². The number of carbonyl (C=O) groups excluding carboxylic acids is 1. The molecule has 6 nitrogen and oxygen atoms in total. The van der Waals surface area contributed by atoms with Gasteiger partial charge in [0.05, 0.1) is 10.7 Å². The van der Waals surface area contributed by atoms with Gasteiger partial charge in [-0.2, -0.15) is 0 Å². The van der Waals surface area contributed by atoms with Crippen LogP contribution in [-0.4, -0.2) is 48.5 Å². The molecular weight excluding hydrogens is 444 g/mol. The third-order valence-corrected chi connectivity index (χ3v) is 6.85. The quantitative estimate of drug-likeness (QED) is 0.457. The maximum atomic E-state index is 12.6. The van der Waals surface area contributed by atoms with E-state index in [4.69, 9.17) is 4.74 Å². The molecule has 0 aliphatic carbocycles. The molecule has 2 aromatic carbocycles. The fourth-order valence-corrected chi connectivity index (χ4v) is 4.62. The standard InChI is InChI=1S/C27H32N4O2S/c1-4-30-13-15-31(16-14-30)24-10-11-25(20(2)17-24)29-27(32)12-9-22-7-5-6-8-26(22)33-18-23-19-34-21(3)28-23/h5-12,17,19H,4,13-16,18H2,1-3H3,(H,29,32)/b12-9+. The second kappa shape index (κ2) is 11.3. The highest BCUT2D eigenvalue weighted by atomic mass is 32.1. The maximum Gasteiger partial charge on any atom is 0.248 e. The fraction of sp³-hybridized carbons (Fsp3) is 0.333. The van der Waals surface area contributed by atoms with Gasteiger partial charge in [-0.3, -0.25) is 4.79 Å². The number of likely N-dealkylation sites (N-methyl/N-ethyl adjacent to an activating group) is 1. The molecule has 0 unspecified atom stereocenters. The fourth-order valence-electron chi connectivity index (χ4n) is 4.02. The van der Waals surface area contributed by atoms with Crippen LogP contribution in [0.1, 0.15) is 28.8 Å². The number of rotatable bonds is 8. The average Bonchev–Trinajstić information content (AvgIpc) is 3.28. The molecule has 1 fully saturated rings. The number of amides is 1. The van der Waals surface area contributed by atoms with Gasteiger partial charge in [-0.25, -0.2) is 4.98 Å². The van der Waals surface area contributed by atoms with Crippen LogP contribution in [0.15, 0.2) is 53.9 Å². The maximum absolute atomic E-state index is 12.6. The van der Waals surface area contributed by atoms with E-state index in [1.165, 1.54) is 5.69 Å². The molecule has 0 atom stereocenters. The van der Waals surface area contributed by atoms with Crippen LogP contribution in [0.25, 0.3) is 6.08 Å². The number of carbonyl (C=O) groups is 1. The Kier molecular flexibility index (Phi) is 7.98. The summed E-state index contributed by atoms with van der Waals surface area (Å²) < 4.78 is 5.94. The molecule has 1 aliphatic heterocycles. The number of nitrogens with one attached hydrogen (secondary N) is 1. The minimum absolute atomic E-state index is 0.169. The van der Waals surface area contributed by atoms with Gasteiger partial charge in [-0.05, 0) is 56.3 Å². The van der Waals surface area contributed by atoms with Gasteiger partial charge in [0.15, 0.2) is 0 Å². The van der Waals surface area contributed by atoms with E-state index >= 15 is 0 Å². The Bertz CT molecular complexity index is 1150. The first-order chi connectivity index (χ1) is 16.5. The highest BCUT2D eigenvalue weighted by Crippen LogP contribution is 2.25. The summed E-state index contributed by atoms with van der Waals surface area (Å²) in [6.07, 6.45) is 3.33. The van der Waals surface area contributed by atoms with Crippen LogP contribution >= 0.6 is 11.3 Å². The highest BCUT2D eigenvalue weighted by Gasteiger charge is 2.16. The summed E-state index contributed by atoms with van der Waals surface area (Å²) in [6.45, 7) is 12.0. The number of thiazole rings is 1. The lowest BCUT2D eigenvalue weighted by atomic mass is 10.1. The first-order valence-corrected chi connectivity index (χ1v) is 12.6. The molecule has 4 rings (SSSR count). The molecule has 3 aromatic rings. The van der Waals surface area contributed by atoms with Crippen molar-refractivity contribution in [3.05, 3.63) is 75.7 Å². The van der Waals surface area contributed by atoms with Crippen LogP contribution in [0.4, 0.5) is 11.4 Å². The lowest BCUT2D eigenvalue weighted by molar-refractivity contribution is -0.111. The number of aromatic nitrogens is 1. The molecule has 7 heteroatoms. The first kappa shape index (κ1) is 24.0. The molecule has 1 amide bonds. The van der Waals surface area contributed by atoms with Crippen LogP contribution in [-0.2, 0) is 11.4 Å². The molecule has 1 N–H and O–H groups in total. The van der Waals surface area contributed by atoms with Gasteiger partial charge in [0.25, 0.3) is 0 Å². The smallest absolute Gasteiger partial charge is 0.248 e. The van der Waals surface area contributed by atoms with Gasteiger partial charge < -0.3 is 19.9 Å². The number of benzene rings is 2. The van der Waals surface area contributed by atoms with Gasteiger partial charge in [-0.1, -0.05) is 25.1 Å². The van der Waals surface area contributed by atoms with Crippen molar-refractivity contribution < 1.29 is 9.53 Å². The van der Waals surface area contributed by atoms with Crippen molar-refractivity contribution in [2.24, 2.45) is 0 Å². The van der Waals surface area contributed by atoms with E-state index in [2.05, 4.69) is 39.2 Å². The summed E-state index contributed by atoms with van der Waals surface area (Å²) in [7, 11) is 0. The van der Waals surface area contributed by atoms with Gasteiger partial charge in [0.2, 0.25) is 5.91 Å². The zero-order chi connectivity index (χ0) is 23.9. The van der Waals surface area contributed by atoms with E-state index in [-0.39, 0.29) is 5.91 Å². The molecule has 2 heterocycles. The van der Waals surface area contributed by atoms with Crippen LogP contribution in [0.5, 0.6) is 5.75 Å². The topological polar surface area (TPSA) is 57.7 Å². The lowest BCUT2D eigenvalue weighted by Gasteiger charge is -2.35. The summed E-state index contributed by atoms with van der Waals surface area (Å²) in [5.74, 6) is 0.554. The summed E-state index contributed by atoms with van der Waals surface area (Å²) in [6, 6.07) is 13.9. The van der Waals surface area contributed by atoms with Crippen molar-refractivity contribution >= 4 is 34.7 Å². The number of para-hydroxylation sites is 1. The molecule has 34 heavy (non-hydrogen) atoms. The predicted octanol–water partition coefficient (Wildman–Crippen LogP) is 5.13. The van der Waals surface area contributed by atoms with Gasteiger partial charge in [0, 0.05) is 54.6 Å². The monoisotopic (exact) mass is 476 g/mol. The van der Waals surface area contributed by atoms with Crippen LogP contribution in [0.3, 0.4) is 0 Å². The van der Waals surface area contributed by atoms with Crippen molar-refractivity contribution in [1.29, 1.82) is 0 Å². The first-order valence-electron chi connectivity index (χ1n) is 11.7. The molecule has 1 saturated heterocycles. The van der Waals surface area contributed by atoms with E-state index in [1.54, 1.807) is 23.5 Å². The van der Waals surface area contributed by atoms with Crippen molar-refractivity contribution in [3.8, 4) is 5.75 Å². The minimum Gasteiger partial charge on any atom is -0.487 e. The molecule has 0 bridgehead atoms. The largest absolute Gasteiger partial charge is 0.487 e. The number of hydrogen-bond acceptors (Lipinski definition) is 6. The Morgan fingerprint density at radius 2 is 1.94 bits per heavy atom.